The van der Waals surface area contributed by atoms with Crippen LogP contribution in [0.25, 0.3) is 11.3 Å². The van der Waals surface area contributed by atoms with Gasteiger partial charge < -0.3 is 10.1 Å². The summed E-state index contributed by atoms with van der Waals surface area (Å²) in [5.74, 6) is -0.368. The van der Waals surface area contributed by atoms with Gasteiger partial charge in [-0.15, -0.1) is 11.3 Å². The van der Waals surface area contributed by atoms with E-state index in [9.17, 15) is 9.59 Å². The lowest BCUT2D eigenvalue weighted by molar-refractivity contribution is -0.139. The average Bonchev–Trinajstić information content (AvgIpc) is 3.06. The molecule has 6 nitrogen and oxygen atoms in total. The van der Waals surface area contributed by atoms with E-state index in [0.717, 1.165) is 10.4 Å². The molecule has 0 fully saturated rings. The van der Waals surface area contributed by atoms with Gasteiger partial charge in [0.05, 0.1) is 19.2 Å². The monoisotopic (exact) mass is 401 g/mol. The zero-order valence-corrected chi connectivity index (χ0v) is 15.9. The lowest BCUT2D eigenvalue weighted by atomic mass is 10.1. The van der Waals surface area contributed by atoms with E-state index < -0.39 is 6.03 Å². The molecule has 0 aliphatic heterocycles. The van der Waals surface area contributed by atoms with Gasteiger partial charge >= 0.3 is 12.0 Å². The number of anilines is 2. The van der Waals surface area contributed by atoms with E-state index in [-0.39, 0.29) is 12.4 Å². The Morgan fingerprint density at radius 2 is 1.78 bits per heavy atom. The van der Waals surface area contributed by atoms with Crippen LogP contribution in [0.15, 0.2) is 54.6 Å². The molecule has 2 N–H and O–H groups in total. The maximum absolute atomic E-state index is 12.2. The number of nitrogens with one attached hydrogen (secondary N) is 2. The Balaban J connectivity index is 1.79. The first-order chi connectivity index (χ1) is 13.0. The van der Waals surface area contributed by atoms with Crippen molar-refractivity contribution in [3.8, 4) is 11.3 Å². The molecule has 0 aliphatic rings. The zero-order valence-electron chi connectivity index (χ0n) is 14.4. The van der Waals surface area contributed by atoms with Gasteiger partial charge in [-0.25, -0.2) is 9.78 Å². The summed E-state index contributed by atoms with van der Waals surface area (Å²) in [5.41, 5.74) is 2.11. The number of benzene rings is 2. The van der Waals surface area contributed by atoms with Gasteiger partial charge in [0.15, 0.2) is 5.13 Å². The summed E-state index contributed by atoms with van der Waals surface area (Å²) < 4.78 is 4.75. The fourth-order valence-corrected chi connectivity index (χ4v) is 3.43. The predicted octanol–water partition coefficient (Wildman–Crippen LogP) is 4.82. The van der Waals surface area contributed by atoms with Crippen molar-refractivity contribution in [1.82, 2.24) is 4.98 Å². The van der Waals surface area contributed by atoms with Crippen LogP contribution in [0.1, 0.15) is 4.88 Å². The number of carbonyl (C=O) groups is 2. The first-order valence-corrected chi connectivity index (χ1v) is 9.20. The number of thiazole rings is 1. The normalized spacial score (nSPS) is 10.3. The van der Waals surface area contributed by atoms with E-state index in [1.807, 2.05) is 30.3 Å². The van der Waals surface area contributed by atoms with Crippen LogP contribution in [-0.4, -0.2) is 24.1 Å². The third-order valence-corrected chi connectivity index (χ3v) is 4.82. The third kappa shape index (κ3) is 5.06. The summed E-state index contributed by atoms with van der Waals surface area (Å²) in [6, 6.07) is 15.8. The Bertz CT molecular complexity index is 943. The maximum atomic E-state index is 12.2. The molecule has 0 saturated carbocycles. The van der Waals surface area contributed by atoms with Gasteiger partial charge in [-0.05, 0) is 24.3 Å². The Labute approximate surface area is 165 Å². The van der Waals surface area contributed by atoms with Crippen molar-refractivity contribution in [2.24, 2.45) is 0 Å². The maximum Gasteiger partial charge on any atom is 0.325 e. The topological polar surface area (TPSA) is 80.3 Å². The number of amides is 2. The van der Waals surface area contributed by atoms with Crippen LogP contribution in [0.4, 0.5) is 15.6 Å². The smallest absolute Gasteiger partial charge is 0.325 e. The number of nitrogens with zero attached hydrogens (tertiary/aromatic N) is 1. The molecule has 0 atom stereocenters. The van der Waals surface area contributed by atoms with Crippen LogP contribution >= 0.6 is 22.9 Å². The third-order valence-electron chi connectivity index (χ3n) is 3.60. The fourth-order valence-electron chi connectivity index (χ4n) is 2.34. The molecule has 2 amide bonds. The molecular formula is C19H16ClN3O3S. The van der Waals surface area contributed by atoms with Crippen LogP contribution in [-0.2, 0) is 16.0 Å². The minimum absolute atomic E-state index is 0.0822. The van der Waals surface area contributed by atoms with Crippen molar-refractivity contribution in [3.05, 3.63) is 64.5 Å². The predicted molar refractivity (Wildman–Crippen MR) is 107 cm³/mol. The molecule has 0 saturated heterocycles. The minimum Gasteiger partial charge on any atom is -0.469 e. The highest BCUT2D eigenvalue weighted by atomic mass is 35.5. The van der Waals surface area contributed by atoms with Gasteiger partial charge in [-0.2, -0.15) is 0 Å². The summed E-state index contributed by atoms with van der Waals surface area (Å²) in [6.07, 6.45) is 0.0822. The molecule has 138 valence electrons. The van der Waals surface area contributed by atoms with Gasteiger partial charge in [0.1, 0.15) is 0 Å². The Morgan fingerprint density at radius 1 is 1.07 bits per heavy atom. The van der Waals surface area contributed by atoms with Gasteiger partial charge in [-0.3, -0.25) is 10.1 Å². The number of methoxy groups -OCH3 is 1. The van der Waals surface area contributed by atoms with Crippen LogP contribution in [0.2, 0.25) is 5.02 Å². The molecule has 0 aliphatic carbocycles. The number of urea groups is 1. The molecule has 27 heavy (non-hydrogen) atoms. The molecule has 3 aromatic rings. The zero-order chi connectivity index (χ0) is 19.2. The van der Waals surface area contributed by atoms with Gasteiger partial charge in [0.2, 0.25) is 0 Å². The van der Waals surface area contributed by atoms with Crippen LogP contribution in [0.5, 0.6) is 0 Å². The Hall–Kier alpha value is -2.90. The number of ether oxygens (including phenoxy) is 1. The molecule has 0 spiro atoms. The van der Waals surface area contributed by atoms with Crippen molar-refractivity contribution in [2.75, 3.05) is 17.7 Å². The highest BCUT2D eigenvalue weighted by Crippen LogP contribution is 2.31. The van der Waals surface area contributed by atoms with E-state index in [2.05, 4.69) is 15.6 Å². The van der Waals surface area contributed by atoms with Gasteiger partial charge in [0.25, 0.3) is 0 Å². The van der Waals surface area contributed by atoms with Crippen molar-refractivity contribution >= 4 is 45.8 Å². The van der Waals surface area contributed by atoms with Crippen LogP contribution < -0.4 is 10.6 Å². The molecule has 3 rings (SSSR count). The molecule has 8 heteroatoms. The first-order valence-electron chi connectivity index (χ1n) is 8.00. The molecule has 0 radical (unpaired) electrons. The van der Waals surface area contributed by atoms with Crippen LogP contribution in [0, 0.1) is 0 Å². The summed E-state index contributed by atoms with van der Waals surface area (Å²) in [5, 5.41) is 6.38. The summed E-state index contributed by atoms with van der Waals surface area (Å²) in [7, 11) is 1.34. The van der Waals surface area contributed by atoms with Crippen LogP contribution in [0.3, 0.4) is 0 Å². The SMILES string of the molecule is COC(=O)Cc1sc(NC(=O)Nc2ccc(Cl)cc2)nc1-c1ccccc1. The number of hydrogen-bond donors (Lipinski definition) is 2. The highest BCUT2D eigenvalue weighted by Gasteiger charge is 2.17. The molecule has 1 heterocycles. The summed E-state index contributed by atoms with van der Waals surface area (Å²) in [6.45, 7) is 0. The van der Waals surface area contributed by atoms with E-state index in [1.54, 1.807) is 24.3 Å². The quantitative estimate of drug-likeness (QED) is 0.600. The standard InChI is InChI=1S/C19H16ClN3O3S/c1-26-16(24)11-15-17(12-5-3-2-4-6-12)22-19(27-15)23-18(25)21-14-9-7-13(20)8-10-14/h2-10H,11H2,1H3,(H2,21,22,23,25). The number of carbonyl (C=O) groups excluding carboxylic acids is 2. The lowest BCUT2D eigenvalue weighted by Gasteiger charge is -2.05. The van der Waals surface area contributed by atoms with Gasteiger partial charge in [-0.1, -0.05) is 41.9 Å². The van der Waals surface area contributed by atoms with Crippen molar-refractivity contribution < 1.29 is 14.3 Å². The lowest BCUT2D eigenvalue weighted by Crippen LogP contribution is -2.19. The summed E-state index contributed by atoms with van der Waals surface area (Å²) >= 11 is 7.07. The molecule has 0 unspecified atom stereocenters. The number of hydrogen-bond acceptors (Lipinski definition) is 5. The van der Waals surface area contributed by atoms with Crippen molar-refractivity contribution in [2.45, 2.75) is 6.42 Å². The molecule has 0 bridgehead atoms. The van der Waals surface area contributed by atoms with E-state index >= 15 is 0 Å². The van der Waals surface area contributed by atoms with E-state index in [4.69, 9.17) is 16.3 Å². The number of esters is 1. The first kappa shape index (κ1) is 18.9. The Kier molecular flexibility index (Phi) is 6.05. The number of rotatable bonds is 5. The second kappa shape index (κ2) is 8.66. The van der Waals surface area contributed by atoms with Crippen molar-refractivity contribution in [1.29, 1.82) is 0 Å². The minimum atomic E-state index is -0.435. The summed E-state index contributed by atoms with van der Waals surface area (Å²) in [4.78, 5) is 29.1. The average molecular weight is 402 g/mol. The van der Waals surface area contributed by atoms with Gasteiger partial charge in [0, 0.05) is 21.2 Å². The molecule has 1 aromatic heterocycles. The highest BCUT2D eigenvalue weighted by molar-refractivity contribution is 7.16. The Morgan fingerprint density at radius 3 is 2.44 bits per heavy atom. The molecular weight excluding hydrogens is 386 g/mol. The van der Waals surface area contributed by atoms with Crippen molar-refractivity contribution in [3.63, 3.8) is 0 Å². The fraction of sp³-hybridized carbons (Fsp3) is 0.105. The second-order valence-electron chi connectivity index (χ2n) is 5.50. The molecule has 2 aromatic carbocycles. The van der Waals surface area contributed by atoms with E-state index in [1.165, 1.54) is 18.4 Å². The second-order valence-corrected chi connectivity index (χ2v) is 7.02. The number of halogens is 1. The largest absolute Gasteiger partial charge is 0.469 e. The number of aromatic nitrogens is 1. The van der Waals surface area contributed by atoms with E-state index in [0.29, 0.717) is 21.5 Å².